The van der Waals surface area contributed by atoms with Gasteiger partial charge in [-0.05, 0) is 24.3 Å². The number of hydrogen-bond donors (Lipinski definition) is 1. The number of morpholine rings is 1. The molecule has 1 aliphatic carbocycles. The molecule has 1 aromatic carbocycles. The molecule has 5 heteroatoms. The topological polar surface area (TPSA) is 37.4 Å². The number of nitrogens with zero attached hydrogens (tertiary/aromatic N) is 2. The highest BCUT2D eigenvalue weighted by atomic mass is 35.5. The standard InChI is InChI=1S/C17H20ClN3O/c18-17-15-4-2-1-3-12(15)9-16(20-17)19-10-14-11-21(7-8-22-14)13-5-6-13/h1-4,9,13-14H,5-8,10-11H2,(H,19,20). The molecule has 4 rings (SSSR count). The van der Waals surface area contributed by atoms with Crippen LogP contribution in [0.5, 0.6) is 0 Å². The second kappa shape index (κ2) is 6.03. The van der Waals surface area contributed by atoms with Gasteiger partial charge in [0.2, 0.25) is 0 Å². The molecule has 0 spiro atoms. The first kappa shape index (κ1) is 14.2. The molecule has 1 saturated carbocycles. The van der Waals surface area contributed by atoms with Crippen molar-refractivity contribution in [2.24, 2.45) is 0 Å². The smallest absolute Gasteiger partial charge is 0.139 e. The molecule has 1 aromatic heterocycles. The summed E-state index contributed by atoms with van der Waals surface area (Å²) in [6.45, 7) is 3.68. The zero-order valence-electron chi connectivity index (χ0n) is 12.5. The molecule has 4 nitrogen and oxygen atoms in total. The summed E-state index contributed by atoms with van der Waals surface area (Å²) in [6.07, 6.45) is 2.92. The molecule has 2 heterocycles. The van der Waals surface area contributed by atoms with E-state index in [2.05, 4.69) is 21.3 Å². The van der Waals surface area contributed by atoms with Crippen molar-refractivity contribution in [3.05, 3.63) is 35.5 Å². The van der Waals surface area contributed by atoms with Crippen LogP contribution < -0.4 is 5.32 Å². The minimum Gasteiger partial charge on any atom is -0.374 e. The van der Waals surface area contributed by atoms with Gasteiger partial charge in [0.1, 0.15) is 11.0 Å². The van der Waals surface area contributed by atoms with E-state index in [4.69, 9.17) is 16.3 Å². The van der Waals surface area contributed by atoms with Gasteiger partial charge in [-0.3, -0.25) is 4.90 Å². The maximum atomic E-state index is 6.27. The summed E-state index contributed by atoms with van der Waals surface area (Å²) in [4.78, 5) is 6.99. The predicted molar refractivity (Wildman–Crippen MR) is 89.6 cm³/mol. The first-order chi connectivity index (χ1) is 10.8. The van der Waals surface area contributed by atoms with Gasteiger partial charge < -0.3 is 10.1 Å². The number of fused-ring (bicyclic) bond motifs is 1. The zero-order valence-corrected chi connectivity index (χ0v) is 13.2. The molecule has 2 fully saturated rings. The molecule has 1 N–H and O–H groups in total. The molecule has 116 valence electrons. The third-order valence-electron chi connectivity index (χ3n) is 4.44. The van der Waals surface area contributed by atoms with Crippen LogP contribution in [0.3, 0.4) is 0 Å². The highest BCUT2D eigenvalue weighted by Crippen LogP contribution is 2.28. The molecule has 1 aliphatic heterocycles. The van der Waals surface area contributed by atoms with Crippen molar-refractivity contribution >= 4 is 28.2 Å². The van der Waals surface area contributed by atoms with E-state index in [1.165, 1.54) is 12.8 Å². The Morgan fingerprint density at radius 3 is 3.05 bits per heavy atom. The third kappa shape index (κ3) is 3.05. The monoisotopic (exact) mass is 317 g/mol. The Labute approximate surface area is 135 Å². The van der Waals surface area contributed by atoms with Crippen LogP contribution in [-0.2, 0) is 4.74 Å². The molecule has 2 aliphatic rings. The van der Waals surface area contributed by atoms with Crippen molar-refractivity contribution in [1.82, 2.24) is 9.88 Å². The number of hydrogen-bond acceptors (Lipinski definition) is 4. The van der Waals surface area contributed by atoms with Gasteiger partial charge >= 0.3 is 0 Å². The van der Waals surface area contributed by atoms with E-state index in [1.807, 2.05) is 24.3 Å². The van der Waals surface area contributed by atoms with Gasteiger partial charge in [0.05, 0.1) is 12.7 Å². The minimum absolute atomic E-state index is 0.224. The van der Waals surface area contributed by atoms with Crippen molar-refractivity contribution in [1.29, 1.82) is 0 Å². The lowest BCUT2D eigenvalue weighted by Crippen LogP contribution is -2.46. The molecular formula is C17H20ClN3O. The number of nitrogens with one attached hydrogen (secondary N) is 1. The average Bonchev–Trinajstić information content (AvgIpc) is 3.38. The maximum absolute atomic E-state index is 6.27. The third-order valence-corrected chi connectivity index (χ3v) is 4.73. The SMILES string of the molecule is Clc1nc(NCC2CN(C3CC3)CCO2)cc2ccccc12. The lowest BCUT2D eigenvalue weighted by atomic mass is 10.2. The predicted octanol–water partition coefficient (Wildman–Crippen LogP) is 3.16. The van der Waals surface area contributed by atoms with Crippen molar-refractivity contribution in [2.45, 2.75) is 25.0 Å². The normalized spacial score (nSPS) is 22.9. The summed E-state index contributed by atoms with van der Waals surface area (Å²) >= 11 is 6.27. The van der Waals surface area contributed by atoms with Crippen LogP contribution in [0.25, 0.3) is 10.8 Å². The van der Waals surface area contributed by atoms with E-state index in [0.29, 0.717) is 5.15 Å². The number of rotatable bonds is 4. The summed E-state index contributed by atoms with van der Waals surface area (Å²) in [5.41, 5.74) is 0. The quantitative estimate of drug-likeness (QED) is 0.879. The van der Waals surface area contributed by atoms with E-state index in [9.17, 15) is 0 Å². The largest absolute Gasteiger partial charge is 0.374 e. The summed E-state index contributed by atoms with van der Waals surface area (Å²) in [6, 6.07) is 10.9. The van der Waals surface area contributed by atoms with Gasteiger partial charge in [-0.1, -0.05) is 35.9 Å². The van der Waals surface area contributed by atoms with Crippen molar-refractivity contribution < 1.29 is 4.74 Å². The fraction of sp³-hybridized carbons (Fsp3) is 0.471. The average molecular weight is 318 g/mol. The summed E-state index contributed by atoms with van der Waals surface area (Å²) in [5, 5.41) is 6.02. The fourth-order valence-electron chi connectivity index (χ4n) is 3.10. The Morgan fingerprint density at radius 2 is 2.18 bits per heavy atom. The van der Waals surface area contributed by atoms with Crippen molar-refractivity contribution in [3.63, 3.8) is 0 Å². The Morgan fingerprint density at radius 1 is 1.32 bits per heavy atom. The van der Waals surface area contributed by atoms with Crippen LogP contribution in [0.2, 0.25) is 5.15 Å². The number of anilines is 1. The van der Waals surface area contributed by atoms with E-state index in [1.54, 1.807) is 0 Å². The van der Waals surface area contributed by atoms with E-state index in [-0.39, 0.29) is 6.10 Å². The molecule has 1 atom stereocenters. The van der Waals surface area contributed by atoms with Crippen LogP contribution >= 0.6 is 11.6 Å². The molecule has 0 amide bonds. The van der Waals surface area contributed by atoms with Gasteiger partial charge in [-0.2, -0.15) is 0 Å². The molecule has 1 unspecified atom stereocenters. The maximum Gasteiger partial charge on any atom is 0.139 e. The van der Waals surface area contributed by atoms with Crippen molar-refractivity contribution in [2.75, 3.05) is 31.6 Å². The Balaban J connectivity index is 1.42. The molecule has 1 saturated heterocycles. The Kier molecular flexibility index (Phi) is 3.90. The number of aromatic nitrogens is 1. The highest BCUT2D eigenvalue weighted by molar-refractivity contribution is 6.34. The summed E-state index contributed by atoms with van der Waals surface area (Å²) in [7, 11) is 0. The molecule has 0 bridgehead atoms. The Bertz CT molecular complexity index is 674. The first-order valence-electron chi connectivity index (χ1n) is 7.94. The van der Waals surface area contributed by atoms with Crippen LogP contribution in [0.4, 0.5) is 5.82 Å². The molecular weight excluding hydrogens is 298 g/mol. The van der Waals surface area contributed by atoms with Gasteiger partial charge in [0.25, 0.3) is 0 Å². The number of benzene rings is 1. The molecule has 2 aromatic rings. The number of pyridine rings is 1. The summed E-state index contributed by atoms with van der Waals surface area (Å²) in [5.74, 6) is 0.816. The van der Waals surface area contributed by atoms with Gasteiger partial charge in [0, 0.05) is 31.1 Å². The van der Waals surface area contributed by atoms with Crippen LogP contribution in [0, 0.1) is 0 Å². The second-order valence-corrected chi connectivity index (χ2v) is 6.48. The fourth-order valence-corrected chi connectivity index (χ4v) is 3.37. The highest BCUT2D eigenvalue weighted by Gasteiger charge is 2.32. The van der Waals surface area contributed by atoms with Crippen LogP contribution in [0.1, 0.15) is 12.8 Å². The van der Waals surface area contributed by atoms with Crippen molar-refractivity contribution in [3.8, 4) is 0 Å². The number of halogens is 1. The van der Waals surface area contributed by atoms with Gasteiger partial charge in [-0.15, -0.1) is 0 Å². The van der Waals surface area contributed by atoms with E-state index >= 15 is 0 Å². The lowest BCUT2D eigenvalue weighted by molar-refractivity contribution is -0.0241. The lowest BCUT2D eigenvalue weighted by Gasteiger charge is -2.33. The van der Waals surface area contributed by atoms with Gasteiger partial charge in [0.15, 0.2) is 0 Å². The first-order valence-corrected chi connectivity index (χ1v) is 8.32. The molecule has 0 radical (unpaired) electrons. The number of ether oxygens (including phenoxy) is 1. The van der Waals surface area contributed by atoms with E-state index in [0.717, 1.165) is 48.9 Å². The second-order valence-electron chi connectivity index (χ2n) is 6.12. The van der Waals surface area contributed by atoms with Crippen LogP contribution in [-0.4, -0.2) is 48.3 Å². The van der Waals surface area contributed by atoms with Crippen LogP contribution in [0.15, 0.2) is 30.3 Å². The van der Waals surface area contributed by atoms with Gasteiger partial charge in [-0.25, -0.2) is 4.98 Å². The summed E-state index contributed by atoms with van der Waals surface area (Å²) < 4.78 is 5.86. The zero-order chi connectivity index (χ0) is 14.9. The minimum atomic E-state index is 0.224. The Hall–Kier alpha value is -1.36. The van der Waals surface area contributed by atoms with E-state index < -0.39 is 0 Å². The molecule has 22 heavy (non-hydrogen) atoms.